The van der Waals surface area contributed by atoms with E-state index in [1.54, 1.807) is 12.1 Å². The van der Waals surface area contributed by atoms with Gasteiger partial charge in [-0.3, -0.25) is 10.1 Å². The number of hydrogen-bond donors (Lipinski definition) is 2. The zero-order valence-corrected chi connectivity index (χ0v) is 16.7. The number of rotatable bonds is 3. The Hall–Kier alpha value is -2.89. The van der Waals surface area contributed by atoms with Gasteiger partial charge in [0.25, 0.3) is 5.69 Å². The van der Waals surface area contributed by atoms with Crippen molar-refractivity contribution < 1.29 is 4.92 Å². The predicted molar refractivity (Wildman–Crippen MR) is 114 cm³/mol. The maximum Gasteiger partial charge on any atom is 0.269 e. The molecule has 0 aliphatic heterocycles. The van der Waals surface area contributed by atoms with E-state index in [2.05, 4.69) is 36.1 Å². The summed E-state index contributed by atoms with van der Waals surface area (Å²) < 4.78 is 0. The minimum atomic E-state index is -0.426. The highest BCUT2D eigenvalue weighted by Gasteiger charge is 2.24. The van der Waals surface area contributed by atoms with Crippen LogP contribution in [0.15, 0.2) is 48.5 Å². The summed E-state index contributed by atoms with van der Waals surface area (Å²) in [6.45, 7) is 7.16. The molecule has 6 heteroatoms. The van der Waals surface area contributed by atoms with E-state index in [-0.39, 0.29) is 5.69 Å². The number of aromatic amines is 1. The lowest BCUT2D eigenvalue weighted by Gasteiger charge is -2.33. The molecule has 2 N–H and O–H groups in total. The monoisotopic (exact) mass is 380 g/mol. The van der Waals surface area contributed by atoms with Gasteiger partial charge in [0.2, 0.25) is 5.95 Å². The second-order valence-corrected chi connectivity index (χ2v) is 8.40. The molecule has 0 saturated heterocycles. The zero-order valence-electron chi connectivity index (χ0n) is 16.7. The summed E-state index contributed by atoms with van der Waals surface area (Å²) in [6, 6.07) is 13.9. The molecule has 1 aromatic heterocycles. The van der Waals surface area contributed by atoms with Crippen molar-refractivity contribution in [3.05, 3.63) is 58.6 Å². The van der Waals surface area contributed by atoms with Crippen molar-refractivity contribution >= 4 is 28.4 Å². The van der Waals surface area contributed by atoms with E-state index in [0.29, 0.717) is 11.4 Å². The van der Waals surface area contributed by atoms with E-state index in [1.807, 2.05) is 24.3 Å². The number of non-ortho nitro benzene ring substituents is 1. The van der Waals surface area contributed by atoms with E-state index < -0.39 is 4.92 Å². The van der Waals surface area contributed by atoms with Gasteiger partial charge in [-0.1, -0.05) is 45.7 Å². The second kappa shape index (κ2) is 8.42. The van der Waals surface area contributed by atoms with Crippen molar-refractivity contribution in [1.82, 2.24) is 9.97 Å². The number of hydrogen-bond acceptors (Lipinski definition) is 4. The molecule has 1 heterocycles. The number of nitro groups is 1. The second-order valence-electron chi connectivity index (χ2n) is 8.40. The number of anilines is 2. The molecule has 4 rings (SSSR count). The van der Waals surface area contributed by atoms with Gasteiger partial charge >= 0.3 is 0 Å². The first kappa shape index (κ1) is 19.9. The minimum absolute atomic E-state index is 0.0650. The molecule has 1 aliphatic carbocycles. The van der Waals surface area contributed by atoms with Crippen molar-refractivity contribution in [2.24, 2.45) is 11.3 Å². The van der Waals surface area contributed by atoms with Gasteiger partial charge in [-0.2, -0.15) is 0 Å². The Morgan fingerprint density at radius 3 is 2.46 bits per heavy atom. The van der Waals surface area contributed by atoms with Crippen LogP contribution in [-0.2, 0) is 0 Å². The maximum atomic E-state index is 10.6. The van der Waals surface area contributed by atoms with Gasteiger partial charge in [-0.15, -0.1) is 0 Å². The van der Waals surface area contributed by atoms with Crippen molar-refractivity contribution in [3.63, 3.8) is 0 Å². The highest BCUT2D eigenvalue weighted by Crippen LogP contribution is 2.37. The summed E-state index contributed by atoms with van der Waals surface area (Å²) in [5.41, 5.74) is 3.26. The largest absolute Gasteiger partial charge is 0.326 e. The van der Waals surface area contributed by atoms with Crippen LogP contribution in [0.1, 0.15) is 46.5 Å². The fourth-order valence-corrected chi connectivity index (χ4v) is 3.89. The summed E-state index contributed by atoms with van der Waals surface area (Å²) in [5.74, 6) is 1.59. The normalized spacial score (nSPS) is 18.2. The van der Waals surface area contributed by atoms with Crippen molar-refractivity contribution in [2.75, 3.05) is 5.32 Å². The van der Waals surface area contributed by atoms with Gasteiger partial charge in [-0.05, 0) is 48.4 Å². The average molecular weight is 380 g/mol. The average Bonchev–Trinajstić information content (AvgIpc) is 3.04. The Morgan fingerprint density at radius 2 is 1.89 bits per heavy atom. The topological polar surface area (TPSA) is 83.8 Å². The van der Waals surface area contributed by atoms with Crippen molar-refractivity contribution in [3.8, 4) is 0 Å². The first-order valence-corrected chi connectivity index (χ1v) is 9.79. The van der Waals surface area contributed by atoms with Gasteiger partial charge < -0.3 is 10.3 Å². The minimum Gasteiger partial charge on any atom is -0.326 e. The molecule has 2 aromatic carbocycles. The molecule has 0 amide bonds. The van der Waals surface area contributed by atoms with E-state index in [9.17, 15) is 10.1 Å². The van der Waals surface area contributed by atoms with Gasteiger partial charge in [0.15, 0.2) is 0 Å². The van der Waals surface area contributed by atoms with Gasteiger partial charge in [-0.25, -0.2) is 4.98 Å². The number of benzene rings is 2. The molecule has 1 atom stereocenters. The lowest BCUT2D eigenvalue weighted by Crippen LogP contribution is -2.20. The molecule has 1 fully saturated rings. The van der Waals surface area contributed by atoms with Crippen LogP contribution >= 0.6 is 0 Å². The van der Waals surface area contributed by atoms with Crippen LogP contribution in [0, 0.1) is 21.4 Å². The number of nitrogens with zero attached hydrogens (tertiary/aromatic N) is 2. The van der Waals surface area contributed by atoms with Crippen LogP contribution in [0.5, 0.6) is 0 Å². The first-order chi connectivity index (χ1) is 13.3. The summed E-state index contributed by atoms with van der Waals surface area (Å²) >= 11 is 0. The third-order valence-electron chi connectivity index (χ3n) is 5.18. The number of H-pyrrole nitrogens is 1. The van der Waals surface area contributed by atoms with Gasteiger partial charge in [0.1, 0.15) is 0 Å². The molecular formula is C22H28N4O2. The molecule has 6 nitrogen and oxygen atoms in total. The van der Waals surface area contributed by atoms with Crippen LogP contribution in [0.2, 0.25) is 0 Å². The third-order valence-corrected chi connectivity index (χ3v) is 5.18. The number of aromatic nitrogens is 2. The lowest BCUT2D eigenvalue weighted by molar-refractivity contribution is -0.384. The fourth-order valence-electron chi connectivity index (χ4n) is 3.89. The first-order valence-electron chi connectivity index (χ1n) is 9.79. The van der Waals surface area contributed by atoms with E-state index in [1.165, 1.54) is 37.8 Å². The number of para-hydroxylation sites is 2. The van der Waals surface area contributed by atoms with Crippen LogP contribution in [-0.4, -0.2) is 14.9 Å². The summed E-state index contributed by atoms with van der Waals surface area (Å²) in [4.78, 5) is 17.6. The molecule has 1 unspecified atom stereocenters. The Bertz CT molecular complexity index is 898. The number of imidazole rings is 1. The highest BCUT2D eigenvalue weighted by atomic mass is 16.6. The van der Waals surface area contributed by atoms with E-state index >= 15 is 0 Å². The quantitative estimate of drug-likeness (QED) is 0.404. The Kier molecular flexibility index (Phi) is 5.97. The molecule has 148 valence electrons. The fraction of sp³-hybridized carbons (Fsp3) is 0.409. The molecule has 0 radical (unpaired) electrons. The molecule has 0 spiro atoms. The van der Waals surface area contributed by atoms with Crippen LogP contribution < -0.4 is 5.32 Å². The Balaban J connectivity index is 0.000000211. The summed E-state index contributed by atoms with van der Waals surface area (Å²) in [6.07, 6.45) is 5.79. The van der Waals surface area contributed by atoms with E-state index in [0.717, 1.165) is 22.6 Å². The Labute approximate surface area is 165 Å². The lowest BCUT2D eigenvalue weighted by atomic mass is 9.73. The van der Waals surface area contributed by atoms with Crippen LogP contribution in [0.4, 0.5) is 17.3 Å². The van der Waals surface area contributed by atoms with Crippen LogP contribution in [0.25, 0.3) is 11.0 Å². The van der Waals surface area contributed by atoms with Crippen molar-refractivity contribution in [2.45, 2.75) is 46.5 Å². The van der Waals surface area contributed by atoms with Gasteiger partial charge in [0, 0.05) is 17.8 Å². The third kappa shape index (κ3) is 5.31. The summed E-state index contributed by atoms with van der Waals surface area (Å²) in [7, 11) is 0. The standard InChI is InChI=1S/C13H10N4O2.C9H18/c18-17(19)10-7-5-9(6-8-10)14-13-15-11-3-1-2-4-12(11)16-13;1-8-5-4-6-9(2,3)7-8/h1-8H,(H2,14,15,16);8H,4-7H2,1-3H3. The number of nitrogens with one attached hydrogen (secondary N) is 2. The highest BCUT2D eigenvalue weighted by molar-refractivity contribution is 5.78. The molecule has 1 aliphatic rings. The molecule has 1 saturated carbocycles. The number of fused-ring (bicyclic) bond motifs is 1. The number of nitro benzene ring substituents is 1. The van der Waals surface area contributed by atoms with Crippen LogP contribution in [0.3, 0.4) is 0 Å². The predicted octanol–water partition coefficient (Wildman–Crippen LogP) is 6.44. The maximum absolute atomic E-state index is 10.6. The summed E-state index contributed by atoms with van der Waals surface area (Å²) in [5, 5.41) is 13.6. The zero-order chi connectivity index (χ0) is 20.1. The SMILES string of the molecule is CC1CCCC(C)(C)C1.O=[N+]([O-])c1ccc(Nc2nc3ccccc3[nH]2)cc1. The van der Waals surface area contributed by atoms with Gasteiger partial charge in [0.05, 0.1) is 16.0 Å². The molecule has 28 heavy (non-hydrogen) atoms. The molecular weight excluding hydrogens is 352 g/mol. The van der Waals surface area contributed by atoms with Crippen molar-refractivity contribution in [1.29, 1.82) is 0 Å². The molecule has 3 aromatic rings. The smallest absolute Gasteiger partial charge is 0.269 e. The van der Waals surface area contributed by atoms with E-state index in [4.69, 9.17) is 0 Å². The molecule has 0 bridgehead atoms. The Morgan fingerprint density at radius 1 is 1.18 bits per heavy atom.